The lowest BCUT2D eigenvalue weighted by molar-refractivity contribution is 0.297. The molecule has 0 unspecified atom stereocenters. The molecule has 4 nitrogen and oxygen atoms in total. The molecule has 1 aliphatic heterocycles. The lowest BCUT2D eigenvalue weighted by Gasteiger charge is -2.20. The summed E-state index contributed by atoms with van der Waals surface area (Å²) < 4.78 is 14.6. The molecule has 2 aromatic rings. The Morgan fingerprint density at radius 1 is 1.05 bits per heavy atom. The quantitative estimate of drug-likeness (QED) is 0.847. The predicted molar refractivity (Wildman–Crippen MR) is 86.4 cm³/mol. The van der Waals surface area contributed by atoms with Crippen molar-refractivity contribution < 1.29 is 4.74 Å². The maximum Gasteiger partial charge on any atom is 0.271 e. The lowest BCUT2D eigenvalue weighted by Crippen LogP contribution is -2.24. The fourth-order valence-electron chi connectivity index (χ4n) is 2.47. The summed E-state index contributed by atoms with van der Waals surface area (Å²) in [4.78, 5) is 2.30. The van der Waals surface area contributed by atoms with Crippen LogP contribution in [0.15, 0.2) is 24.3 Å². The van der Waals surface area contributed by atoms with Crippen LogP contribution in [0.5, 0.6) is 5.88 Å². The van der Waals surface area contributed by atoms with Crippen molar-refractivity contribution >= 4 is 29.1 Å². The van der Waals surface area contributed by atoms with Gasteiger partial charge in [-0.15, -0.1) is 4.37 Å². The van der Waals surface area contributed by atoms with Crippen molar-refractivity contribution in [1.82, 2.24) is 8.75 Å². The van der Waals surface area contributed by atoms with Crippen LogP contribution in [0.3, 0.4) is 0 Å². The molecule has 2 heterocycles. The highest BCUT2D eigenvalue weighted by molar-refractivity contribution is 6.99. The molecular formula is C15H18ClN3OS. The average Bonchev–Trinajstić information content (AvgIpc) is 2.80. The van der Waals surface area contributed by atoms with E-state index >= 15 is 0 Å². The van der Waals surface area contributed by atoms with Crippen molar-refractivity contribution in [3.05, 3.63) is 34.9 Å². The molecule has 3 rings (SSSR count). The first-order valence-electron chi connectivity index (χ1n) is 7.28. The van der Waals surface area contributed by atoms with Crippen LogP contribution >= 0.6 is 23.3 Å². The van der Waals surface area contributed by atoms with Crippen LogP contribution in [0.4, 0.5) is 5.82 Å². The topological polar surface area (TPSA) is 38.3 Å². The van der Waals surface area contributed by atoms with Gasteiger partial charge in [0.2, 0.25) is 5.82 Å². The van der Waals surface area contributed by atoms with Crippen LogP contribution in [-0.4, -0.2) is 21.8 Å². The first-order valence-corrected chi connectivity index (χ1v) is 8.38. The Kier molecular flexibility index (Phi) is 4.93. The zero-order valence-electron chi connectivity index (χ0n) is 11.8. The molecule has 1 fully saturated rings. The Morgan fingerprint density at radius 2 is 1.76 bits per heavy atom. The summed E-state index contributed by atoms with van der Waals surface area (Å²) in [5.74, 6) is 1.55. The van der Waals surface area contributed by atoms with E-state index in [9.17, 15) is 0 Å². The highest BCUT2D eigenvalue weighted by atomic mass is 35.5. The molecule has 1 aliphatic rings. The molecule has 0 aliphatic carbocycles. The Hall–Kier alpha value is -1.33. The minimum Gasteiger partial charge on any atom is -0.470 e. The van der Waals surface area contributed by atoms with Gasteiger partial charge in [0.05, 0.1) is 11.7 Å². The molecule has 112 valence electrons. The number of anilines is 1. The number of aromatic nitrogens is 2. The van der Waals surface area contributed by atoms with E-state index < -0.39 is 0 Å². The van der Waals surface area contributed by atoms with Crippen molar-refractivity contribution in [3.8, 4) is 5.88 Å². The smallest absolute Gasteiger partial charge is 0.271 e. The summed E-state index contributed by atoms with van der Waals surface area (Å²) >= 11 is 7.10. The highest BCUT2D eigenvalue weighted by Gasteiger charge is 2.18. The van der Waals surface area contributed by atoms with Crippen molar-refractivity contribution in [3.63, 3.8) is 0 Å². The van der Waals surface area contributed by atoms with Crippen LogP contribution in [0, 0.1) is 0 Å². The Balaban J connectivity index is 1.65. The van der Waals surface area contributed by atoms with Crippen LogP contribution in [-0.2, 0) is 6.61 Å². The average molecular weight is 324 g/mol. The Labute approximate surface area is 134 Å². The fraction of sp³-hybridized carbons (Fsp3) is 0.467. The van der Waals surface area contributed by atoms with Gasteiger partial charge in [-0.2, -0.15) is 4.37 Å². The van der Waals surface area contributed by atoms with E-state index in [-0.39, 0.29) is 0 Å². The van der Waals surface area contributed by atoms with E-state index in [1.54, 1.807) is 0 Å². The second kappa shape index (κ2) is 7.09. The van der Waals surface area contributed by atoms with Crippen LogP contribution < -0.4 is 9.64 Å². The molecule has 0 amide bonds. The van der Waals surface area contributed by atoms with Crippen molar-refractivity contribution in [2.45, 2.75) is 32.3 Å². The van der Waals surface area contributed by atoms with Crippen molar-refractivity contribution in [2.75, 3.05) is 18.0 Å². The molecule has 0 N–H and O–H groups in total. The molecule has 1 aromatic heterocycles. The summed E-state index contributed by atoms with van der Waals surface area (Å²) in [6.45, 7) is 2.58. The minimum atomic E-state index is 0.490. The molecular weight excluding hydrogens is 306 g/mol. The molecule has 0 spiro atoms. The summed E-state index contributed by atoms with van der Waals surface area (Å²) in [5.41, 5.74) is 1.08. The van der Waals surface area contributed by atoms with E-state index in [0.717, 1.165) is 29.5 Å². The number of hydrogen-bond acceptors (Lipinski definition) is 5. The monoisotopic (exact) mass is 323 g/mol. The number of nitrogens with zero attached hydrogens (tertiary/aromatic N) is 3. The van der Waals surface area contributed by atoms with Gasteiger partial charge in [-0.1, -0.05) is 36.6 Å². The normalized spacial score (nSPS) is 15.8. The van der Waals surface area contributed by atoms with Gasteiger partial charge in [-0.25, -0.2) is 0 Å². The maximum absolute atomic E-state index is 5.89. The highest BCUT2D eigenvalue weighted by Crippen LogP contribution is 2.28. The standard InChI is InChI=1S/C15H18ClN3OS/c16-13-7-5-12(6-8-13)11-20-15-14(17-21-18-15)19-9-3-1-2-4-10-19/h5-8H,1-4,9-11H2. The second-order valence-corrected chi connectivity index (χ2v) is 6.17. The number of hydrogen-bond donors (Lipinski definition) is 0. The van der Waals surface area contributed by atoms with Gasteiger partial charge >= 0.3 is 0 Å². The van der Waals surface area contributed by atoms with Crippen LogP contribution in [0.1, 0.15) is 31.2 Å². The first kappa shape index (κ1) is 14.6. The van der Waals surface area contributed by atoms with Gasteiger partial charge < -0.3 is 9.64 Å². The lowest BCUT2D eigenvalue weighted by atomic mass is 10.2. The molecule has 21 heavy (non-hydrogen) atoms. The molecule has 0 bridgehead atoms. The van der Waals surface area contributed by atoms with E-state index in [4.69, 9.17) is 16.3 Å². The van der Waals surface area contributed by atoms with Crippen molar-refractivity contribution in [1.29, 1.82) is 0 Å². The maximum atomic E-state index is 5.89. The van der Waals surface area contributed by atoms with E-state index in [0.29, 0.717) is 12.5 Å². The van der Waals surface area contributed by atoms with E-state index in [1.165, 1.54) is 37.4 Å². The predicted octanol–water partition coefficient (Wildman–Crippen LogP) is 4.15. The zero-order valence-corrected chi connectivity index (χ0v) is 13.4. The summed E-state index contributed by atoms with van der Waals surface area (Å²) in [7, 11) is 0. The van der Waals surface area contributed by atoms with Crippen LogP contribution in [0.25, 0.3) is 0 Å². The van der Waals surface area contributed by atoms with E-state index in [2.05, 4.69) is 13.6 Å². The molecule has 0 saturated carbocycles. The van der Waals surface area contributed by atoms with Gasteiger partial charge in [-0.3, -0.25) is 0 Å². The minimum absolute atomic E-state index is 0.490. The number of halogens is 1. The van der Waals surface area contributed by atoms with Crippen molar-refractivity contribution in [2.24, 2.45) is 0 Å². The Bertz CT molecular complexity index is 565. The van der Waals surface area contributed by atoms with Gasteiger partial charge in [0.25, 0.3) is 5.88 Å². The van der Waals surface area contributed by atoms with Gasteiger partial charge in [0.15, 0.2) is 0 Å². The number of ether oxygens (including phenoxy) is 1. The largest absolute Gasteiger partial charge is 0.470 e. The van der Waals surface area contributed by atoms with Gasteiger partial charge in [0.1, 0.15) is 6.61 Å². The molecule has 6 heteroatoms. The third-order valence-electron chi connectivity index (χ3n) is 3.64. The number of benzene rings is 1. The fourth-order valence-corrected chi connectivity index (χ4v) is 3.12. The zero-order chi connectivity index (χ0) is 14.5. The van der Waals surface area contributed by atoms with Gasteiger partial charge in [0, 0.05) is 18.1 Å². The third kappa shape index (κ3) is 3.86. The SMILES string of the molecule is Clc1ccc(COc2nsnc2N2CCCCCC2)cc1. The molecule has 0 radical (unpaired) electrons. The summed E-state index contributed by atoms with van der Waals surface area (Å²) in [6, 6.07) is 7.67. The van der Waals surface area contributed by atoms with Crippen LogP contribution in [0.2, 0.25) is 5.02 Å². The van der Waals surface area contributed by atoms with E-state index in [1.807, 2.05) is 24.3 Å². The summed E-state index contributed by atoms with van der Waals surface area (Å²) in [6.07, 6.45) is 5.03. The Morgan fingerprint density at radius 3 is 2.48 bits per heavy atom. The number of rotatable bonds is 4. The molecule has 0 atom stereocenters. The summed E-state index contributed by atoms with van der Waals surface area (Å²) in [5, 5.41) is 0.735. The molecule has 1 aromatic carbocycles. The molecule has 1 saturated heterocycles. The first-order chi connectivity index (χ1) is 10.3. The van der Waals surface area contributed by atoms with Gasteiger partial charge in [-0.05, 0) is 30.5 Å². The second-order valence-electron chi connectivity index (χ2n) is 5.21. The third-order valence-corrected chi connectivity index (χ3v) is 4.39.